The van der Waals surface area contributed by atoms with Crippen molar-refractivity contribution in [2.24, 2.45) is 7.05 Å². The lowest BCUT2D eigenvalue weighted by Gasteiger charge is -2.04. The van der Waals surface area contributed by atoms with E-state index in [0.717, 1.165) is 0 Å². The summed E-state index contributed by atoms with van der Waals surface area (Å²) in [7, 11) is 1.81. The quantitative estimate of drug-likeness (QED) is 0.913. The first kappa shape index (κ1) is 10.8. The van der Waals surface area contributed by atoms with Gasteiger partial charge in [-0.15, -0.1) is 0 Å². The highest BCUT2D eigenvalue weighted by molar-refractivity contribution is 9.10. The highest BCUT2D eigenvalue weighted by Crippen LogP contribution is 2.08. The summed E-state index contributed by atoms with van der Waals surface area (Å²) >= 11 is 3.17. The molecule has 0 unspecified atom stereocenters. The molecular weight excluding hydrogens is 272 g/mol. The van der Waals surface area contributed by atoms with Gasteiger partial charge in [-0.3, -0.25) is 4.79 Å². The zero-order valence-electron chi connectivity index (χ0n) is 8.51. The van der Waals surface area contributed by atoms with Gasteiger partial charge in [-0.05, 0) is 28.1 Å². The van der Waals surface area contributed by atoms with Crippen LogP contribution < -0.4 is 5.32 Å². The van der Waals surface area contributed by atoms with Gasteiger partial charge in [-0.2, -0.15) is 0 Å². The van der Waals surface area contributed by atoms with Crippen molar-refractivity contribution in [1.29, 1.82) is 0 Å². The molecule has 5 nitrogen and oxygen atoms in total. The number of amides is 1. The van der Waals surface area contributed by atoms with Gasteiger partial charge < -0.3 is 9.88 Å². The molecule has 0 aromatic carbocycles. The Labute approximate surface area is 101 Å². The molecule has 2 aromatic heterocycles. The molecule has 6 heteroatoms. The van der Waals surface area contributed by atoms with E-state index in [-0.39, 0.29) is 5.91 Å². The van der Waals surface area contributed by atoms with Crippen molar-refractivity contribution >= 4 is 27.7 Å². The lowest BCUT2D eigenvalue weighted by atomic mass is 10.4. The first-order valence-electron chi connectivity index (χ1n) is 4.57. The van der Waals surface area contributed by atoms with Crippen LogP contribution in [-0.2, 0) is 7.05 Å². The maximum atomic E-state index is 11.8. The van der Waals surface area contributed by atoms with Crippen LogP contribution in [-0.4, -0.2) is 20.4 Å². The van der Waals surface area contributed by atoms with E-state index in [0.29, 0.717) is 16.1 Å². The third-order valence-corrected chi connectivity index (χ3v) is 2.45. The van der Waals surface area contributed by atoms with Crippen molar-refractivity contribution in [3.63, 3.8) is 0 Å². The molecule has 1 N–H and O–H groups in total. The summed E-state index contributed by atoms with van der Waals surface area (Å²) in [5, 5.41) is 2.66. The van der Waals surface area contributed by atoms with E-state index in [2.05, 4.69) is 31.2 Å². The van der Waals surface area contributed by atoms with E-state index in [1.54, 1.807) is 10.6 Å². The van der Waals surface area contributed by atoms with Gasteiger partial charge in [0.05, 0.1) is 12.4 Å². The highest BCUT2D eigenvalue weighted by Gasteiger charge is 2.09. The Hall–Kier alpha value is -1.69. The van der Waals surface area contributed by atoms with Crippen LogP contribution in [0.1, 0.15) is 10.5 Å². The number of carbonyl (C=O) groups is 1. The van der Waals surface area contributed by atoms with Crippen LogP contribution in [0.25, 0.3) is 0 Å². The van der Waals surface area contributed by atoms with Crippen molar-refractivity contribution < 1.29 is 4.79 Å². The topological polar surface area (TPSA) is 59.8 Å². The van der Waals surface area contributed by atoms with Crippen LogP contribution in [0.3, 0.4) is 0 Å². The van der Waals surface area contributed by atoms with Crippen molar-refractivity contribution in [3.05, 3.63) is 41.0 Å². The van der Waals surface area contributed by atoms with Crippen LogP contribution in [0.5, 0.6) is 0 Å². The number of nitrogens with zero attached hydrogens (tertiary/aromatic N) is 3. The lowest BCUT2D eigenvalue weighted by Crippen LogP contribution is -2.16. The second-order valence-corrected chi connectivity index (χ2v) is 4.00. The monoisotopic (exact) mass is 280 g/mol. The Morgan fingerprint density at radius 1 is 1.44 bits per heavy atom. The SMILES string of the molecule is Cn1cccc1C(=O)Nc1cnc(Br)cn1. The Balaban J connectivity index is 2.14. The van der Waals surface area contributed by atoms with Crippen molar-refractivity contribution in [2.75, 3.05) is 5.32 Å². The van der Waals surface area contributed by atoms with Gasteiger partial charge in [-0.1, -0.05) is 0 Å². The Morgan fingerprint density at radius 3 is 2.81 bits per heavy atom. The van der Waals surface area contributed by atoms with Crippen molar-refractivity contribution in [2.45, 2.75) is 0 Å². The van der Waals surface area contributed by atoms with Gasteiger partial charge in [0.25, 0.3) is 5.91 Å². The third kappa shape index (κ3) is 2.27. The maximum absolute atomic E-state index is 11.8. The molecule has 0 aliphatic heterocycles. The van der Waals surface area contributed by atoms with Crippen LogP contribution >= 0.6 is 15.9 Å². The molecule has 0 fully saturated rings. The molecule has 2 aromatic rings. The minimum atomic E-state index is -0.205. The second-order valence-electron chi connectivity index (χ2n) is 3.18. The van der Waals surface area contributed by atoms with Crippen molar-refractivity contribution in [1.82, 2.24) is 14.5 Å². The summed E-state index contributed by atoms with van der Waals surface area (Å²) in [6.07, 6.45) is 4.83. The Morgan fingerprint density at radius 2 is 2.25 bits per heavy atom. The van der Waals surface area contributed by atoms with Gasteiger partial charge in [0.2, 0.25) is 0 Å². The first-order chi connectivity index (χ1) is 7.66. The minimum Gasteiger partial charge on any atom is -0.347 e. The second kappa shape index (κ2) is 4.44. The molecule has 0 atom stereocenters. The molecular formula is C10H9BrN4O. The molecule has 0 aliphatic rings. The third-order valence-electron chi connectivity index (χ3n) is 2.04. The molecule has 0 saturated heterocycles. The zero-order valence-corrected chi connectivity index (χ0v) is 10.1. The van der Waals surface area contributed by atoms with Gasteiger partial charge in [-0.25, -0.2) is 9.97 Å². The molecule has 0 aliphatic carbocycles. The molecule has 0 spiro atoms. The summed E-state index contributed by atoms with van der Waals surface area (Å²) in [5.74, 6) is 0.221. The van der Waals surface area contributed by atoms with Gasteiger partial charge in [0, 0.05) is 13.2 Å². The minimum absolute atomic E-state index is 0.205. The molecule has 0 radical (unpaired) electrons. The number of hydrogen-bond donors (Lipinski definition) is 1. The summed E-state index contributed by atoms with van der Waals surface area (Å²) in [6, 6.07) is 3.55. The number of aryl methyl sites for hydroxylation is 1. The molecule has 1 amide bonds. The molecule has 0 bridgehead atoms. The van der Waals surface area contributed by atoms with E-state index >= 15 is 0 Å². The Bertz CT molecular complexity index is 506. The summed E-state index contributed by atoms with van der Waals surface area (Å²) in [5.41, 5.74) is 0.574. The number of carbonyl (C=O) groups excluding carboxylic acids is 1. The van der Waals surface area contributed by atoms with Gasteiger partial charge in [0.1, 0.15) is 10.3 Å². The van der Waals surface area contributed by atoms with Crippen LogP contribution in [0.15, 0.2) is 35.3 Å². The molecule has 82 valence electrons. The normalized spacial score (nSPS) is 10.1. The number of rotatable bonds is 2. The predicted molar refractivity (Wildman–Crippen MR) is 63.1 cm³/mol. The number of hydrogen-bond acceptors (Lipinski definition) is 3. The maximum Gasteiger partial charge on any atom is 0.273 e. The smallest absolute Gasteiger partial charge is 0.273 e. The summed E-state index contributed by atoms with van der Waals surface area (Å²) < 4.78 is 2.37. The summed E-state index contributed by atoms with van der Waals surface area (Å²) in [4.78, 5) is 19.7. The molecule has 0 saturated carbocycles. The van der Waals surface area contributed by atoms with E-state index in [1.165, 1.54) is 12.4 Å². The fraction of sp³-hybridized carbons (Fsp3) is 0.100. The van der Waals surface area contributed by atoms with E-state index in [4.69, 9.17) is 0 Å². The summed E-state index contributed by atoms with van der Waals surface area (Å²) in [6.45, 7) is 0. The van der Waals surface area contributed by atoms with Crippen LogP contribution in [0.4, 0.5) is 5.82 Å². The fourth-order valence-electron chi connectivity index (χ4n) is 1.25. The Kier molecular flexibility index (Phi) is 3.00. The van der Waals surface area contributed by atoms with E-state index < -0.39 is 0 Å². The molecule has 16 heavy (non-hydrogen) atoms. The average molecular weight is 281 g/mol. The first-order valence-corrected chi connectivity index (χ1v) is 5.36. The molecule has 2 heterocycles. The number of anilines is 1. The molecule has 2 rings (SSSR count). The van der Waals surface area contributed by atoms with Crippen molar-refractivity contribution in [3.8, 4) is 0 Å². The van der Waals surface area contributed by atoms with Gasteiger partial charge in [0.15, 0.2) is 5.82 Å². The van der Waals surface area contributed by atoms with Gasteiger partial charge >= 0.3 is 0 Å². The largest absolute Gasteiger partial charge is 0.347 e. The number of aromatic nitrogens is 3. The fourth-order valence-corrected chi connectivity index (χ4v) is 1.46. The zero-order chi connectivity index (χ0) is 11.5. The number of halogens is 1. The lowest BCUT2D eigenvalue weighted by molar-refractivity contribution is 0.101. The van der Waals surface area contributed by atoms with E-state index in [9.17, 15) is 4.79 Å². The standard InChI is InChI=1S/C10H9BrN4O/c1-15-4-2-3-7(15)10(16)14-9-6-12-8(11)5-13-9/h2-6H,1H3,(H,13,14,16). The predicted octanol–water partition coefficient (Wildman–Crippen LogP) is 1.83. The number of nitrogens with one attached hydrogen (secondary N) is 1. The van der Waals surface area contributed by atoms with Crippen LogP contribution in [0, 0.1) is 0 Å². The van der Waals surface area contributed by atoms with E-state index in [1.807, 2.05) is 19.3 Å². The average Bonchev–Trinajstić information content (AvgIpc) is 2.68. The van der Waals surface area contributed by atoms with Crippen LogP contribution in [0.2, 0.25) is 0 Å². The highest BCUT2D eigenvalue weighted by atomic mass is 79.9.